The monoisotopic (exact) mass is 752 g/mol. The summed E-state index contributed by atoms with van der Waals surface area (Å²) in [5.74, 6) is 0. The van der Waals surface area contributed by atoms with Gasteiger partial charge in [-0.15, -0.1) is 0 Å². The van der Waals surface area contributed by atoms with E-state index in [0.29, 0.717) is 0 Å². The number of nitrogens with zero attached hydrogens (tertiary/aromatic N) is 4. The van der Waals surface area contributed by atoms with E-state index in [1.54, 1.807) is 22.7 Å². The van der Waals surface area contributed by atoms with E-state index in [-0.39, 0.29) is 0 Å². The summed E-state index contributed by atoms with van der Waals surface area (Å²) in [5.41, 5.74) is 4.66. The Bertz CT molecular complexity index is 1700. The minimum atomic E-state index is -3.39. The second kappa shape index (κ2) is 13.5. The number of hydrogen-bond donors (Lipinski definition) is 0. The third kappa shape index (κ3) is 7.30. The van der Waals surface area contributed by atoms with Gasteiger partial charge in [0.25, 0.3) is 0 Å². The van der Waals surface area contributed by atoms with E-state index in [1.807, 2.05) is 87.9 Å². The van der Waals surface area contributed by atoms with E-state index < -0.39 is 15.6 Å². The summed E-state index contributed by atoms with van der Waals surface area (Å²) in [6.07, 6.45) is 0. The first-order valence-corrected chi connectivity index (χ1v) is 27.9. The fraction of sp³-hybridized carbons (Fsp3) is 0.0667. The van der Waals surface area contributed by atoms with Gasteiger partial charge in [-0.3, -0.25) is 0 Å². The molecule has 11 heteroatoms. The zero-order chi connectivity index (χ0) is 28.1. The summed E-state index contributed by atoms with van der Waals surface area (Å²) < 4.78 is 9.34. The quantitative estimate of drug-likeness (QED) is 0.103. The van der Waals surface area contributed by atoms with Gasteiger partial charge in [0.2, 0.25) is 0 Å². The molecule has 41 heavy (non-hydrogen) atoms. The van der Waals surface area contributed by atoms with Crippen molar-refractivity contribution in [1.29, 1.82) is 0 Å². The SMILES string of the molecule is S=c1sc([S][Sn]([CH2]c2ccccc2)([CH2]c2ccccc2)[S]c2nn(-c3ccccc3)c(=S)s2)nn1-c1ccccc1. The molecule has 0 radical (unpaired) electrons. The zero-order valence-electron chi connectivity index (χ0n) is 21.7. The van der Waals surface area contributed by atoms with Crippen LogP contribution in [-0.4, -0.2) is 35.2 Å². The minimum absolute atomic E-state index is 0.757. The van der Waals surface area contributed by atoms with Crippen LogP contribution in [0.25, 0.3) is 11.4 Å². The number of benzene rings is 4. The molecule has 204 valence electrons. The molecule has 0 atom stereocenters. The van der Waals surface area contributed by atoms with Gasteiger partial charge in [0, 0.05) is 0 Å². The van der Waals surface area contributed by atoms with Gasteiger partial charge in [0.1, 0.15) is 0 Å². The first-order valence-electron chi connectivity index (χ1n) is 12.8. The Balaban J connectivity index is 1.44. The predicted molar refractivity (Wildman–Crippen MR) is 182 cm³/mol. The predicted octanol–water partition coefficient (Wildman–Crippen LogP) is 9.53. The average Bonchev–Trinajstić information content (AvgIpc) is 3.55. The summed E-state index contributed by atoms with van der Waals surface area (Å²) in [6, 6.07) is 41.9. The summed E-state index contributed by atoms with van der Waals surface area (Å²) in [5, 5.41) is 10.1. The Morgan fingerprint density at radius 1 is 0.537 bits per heavy atom. The summed E-state index contributed by atoms with van der Waals surface area (Å²) in [7, 11) is 3.96. The van der Waals surface area contributed by atoms with E-state index in [4.69, 9.17) is 34.6 Å². The van der Waals surface area contributed by atoms with E-state index in [9.17, 15) is 0 Å². The van der Waals surface area contributed by atoms with Crippen LogP contribution in [0, 0.1) is 7.91 Å². The molecule has 2 heterocycles. The molecular weight excluding hydrogens is 727 g/mol. The summed E-state index contributed by atoms with van der Waals surface area (Å²) in [6.45, 7) is 0. The third-order valence-corrected chi connectivity index (χ3v) is 35.4. The van der Waals surface area contributed by atoms with Gasteiger partial charge in [0.15, 0.2) is 0 Å². The second-order valence-corrected chi connectivity index (χ2v) is 37.1. The van der Waals surface area contributed by atoms with Crippen molar-refractivity contribution in [3.8, 4) is 11.4 Å². The molecule has 0 amide bonds. The molecule has 2 aromatic heterocycles. The topological polar surface area (TPSA) is 35.6 Å². The van der Waals surface area contributed by atoms with Crippen molar-refractivity contribution in [1.82, 2.24) is 19.6 Å². The Labute approximate surface area is 266 Å². The fourth-order valence-electron chi connectivity index (χ4n) is 4.43. The molecule has 0 saturated carbocycles. The van der Waals surface area contributed by atoms with E-state index in [0.717, 1.165) is 36.8 Å². The van der Waals surface area contributed by atoms with E-state index >= 15 is 0 Å². The van der Waals surface area contributed by atoms with Crippen molar-refractivity contribution in [2.24, 2.45) is 0 Å². The molecule has 0 aliphatic carbocycles. The van der Waals surface area contributed by atoms with Crippen molar-refractivity contribution in [2.45, 2.75) is 17.6 Å². The van der Waals surface area contributed by atoms with Crippen molar-refractivity contribution in [3.63, 3.8) is 0 Å². The number of hydrogen-bond acceptors (Lipinski definition) is 8. The molecule has 4 nitrogen and oxygen atoms in total. The van der Waals surface area contributed by atoms with Crippen LogP contribution in [0.4, 0.5) is 0 Å². The first kappa shape index (κ1) is 29.0. The molecule has 0 saturated heterocycles. The van der Waals surface area contributed by atoms with Gasteiger partial charge in [-0.1, -0.05) is 0 Å². The molecule has 0 bridgehead atoms. The maximum absolute atomic E-state index is 5.80. The molecule has 6 rings (SSSR count). The van der Waals surface area contributed by atoms with Gasteiger partial charge in [-0.25, -0.2) is 0 Å². The molecule has 0 aliphatic heterocycles. The van der Waals surface area contributed by atoms with Crippen molar-refractivity contribution in [3.05, 3.63) is 140 Å². The van der Waals surface area contributed by atoms with Crippen LogP contribution in [0.15, 0.2) is 130 Å². The molecule has 0 aliphatic rings. The Morgan fingerprint density at radius 2 is 0.878 bits per heavy atom. The zero-order valence-corrected chi connectivity index (χ0v) is 29.5. The summed E-state index contributed by atoms with van der Waals surface area (Å²) in [4.78, 5) is 0. The van der Waals surface area contributed by atoms with Crippen LogP contribution in [0.2, 0.25) is 0 Å². The van der Waals surface area contributed by atoms with Crippen LogP contribution in [0.5, 0.6) is 0 Å². The molecule has 0 fully saturated rings. The molecule has 0 N–H and O–H groups in total. The van der Waals surface area contributed by atoms with Gasteiger partial charge < -0.3 is 0 Å². The van der Waals surface area contributed by atoms with Crippen LogP contribution >= 0.6 is 65.0 Å². The number of para-hydroxylation sites is 2. The first-order chi connectivity index (χ1) is 20.1. The number of aromatic nitrogens is 4. The van der Waals surface area contributed by atoms with Gasteiger partial charge >= 0.3 is 269 Å². The van der Waals surface area contributed by atoms with Gasteiger partial charge in [-0.2, -0.15) is 0 Å². The standard InChI is InChI=1S/2C8H6N2S3.2C7H7.Sn/c2*11-7-9-10(8(12)13-7)6-4-2-1-3-5-6;2*1-7-5-3-2-4-6-7;/h2*1-5H,(H,9,11);2*2-6H,1H2;/q;;;;+2/p-2. The van der Waals surface area contributed by atoms with Crippen molar-refractivity contribution < 1.29 is 0 Å². The molecular formula is C30H24N4S6Sn. The van der Waals surface area contributed by atoms with Crippen molar-refractivity contribution >= 4 is 80.6 Å². The van der Waals surface area contributed by atoms with Crippen LogP contribution < -0.4 is 0 Å². The molecule has 0 unspecified atom stereocenters. The second-order valence-electron chi connectivity index (χ2n) is 9.20. The molecule has 6 aromatic rings. The molecule has 0 spiro atoms. The fourth-order valence-corrected chi connectivity index (χ4v) is 41.9. The Hall–Kier alpha value is -2.06. The van der Waals surface area contributed by atoms with Gasteiger partial charge in [-0.05, 0) is 0 Å². The van der Waals surface area contributed by atoms with Gasteiger partial charge in [0.05, 0.1) is 0 Å². The van der Waals surface area contributed by atoms with Crippen LogP contribution in [-0.2, 0) is 8.87 Å². The summed E-state index contributed by atoms with van der Waals surface area (Å²) >= 11 is 11.4. The van der Waals surface area contributed by atoms with E-state index in [1.165, 1.54) is 11.1 Å². The van der Waals surface area contributed by atoms with Crippen molar-refractivity contribution in [2.75, 3.05) is 0 Å². The third-order valence-electron chi connectivity index (χ3n) is 6.24. The normalized spacial score (nSPS) is 11.5. The van der Waals surface area contributed by atoms with E-state index in [2.05, 4.69) is 60.7 Å². The van der Waals surface area contributed by atoms with Crippen LogP contribution in [0.3, 0.4) is 0 Å². The molecule has 4 aromatic carbocycles. The Kier molecular flexibility index (Phi) is 9.55. The maximum atomic E-state index is 5.80. The number of rotatable bonds is 10. The average molecular weight is 752 g/mol. The van der Waals surface area contributed by atoms with Crippen LogP contribution in [0.1, 0.15) is 11.1 Å². The Morgan fingerprint density at radius 3 is 1.24 bits per heavy atom.